The molecule has 2 nitrogen and oxygen atoms in total. The van der Waals surface area contributed by atoms with Crippen molar-refractivity contribution in [3.05, 3.63) is 62.3 Å². The highest BCUT2D eigenvalue weighted by atomic mass is 79.9. The second-order valence-corrected chi connectivity index (χ2v) is 5.56. The number of methoxy groups -OCH3 is 1. The summed E-state index contributed by atoms with van der Waals surface area (Å²) in [7, 11) is 1.39. The molecule has 112 valence electrons. The molecule has 7 heteroatoms. The molecule has 0 saturated heterocycles. The number of hydrogen-bond donors (Lipinski definition) is 1. The third-order valence-electron chi connectivity index (χ3n) is 2.93. The van der Waals surface area contributed by atoms with Crippen molar-refractivity contribution in [2.24, 2.45) is 5.73 Å². The summed E-state index contributed by atoms with van der Waals surface area (Å²) in [5.41, 5.74) is 5.74. The summed E-state index contributed by atoms with van der Waals surface area (Å²) in [4.78, 5) is 0. The lowest BCUT2D eigenvalue weighted by molar-refractivity contribution is 0.403. The van der Waals surface area contributed by atoms with Gasteiger partial charge in [0.05, 0.1) is 17.6 Å². The minimum atomic E-state index is -1.20. The summed E-state index contributed by atoms with van der Waals surface area (Å²) in [6, 6.07) is 2.95. The van der Waals surface area contributed by atoms with E-state index in [2.05, 4.69) is 15.9 Å². The molecule has 0 fully saturated rings. The maximum absolute atomic E-state index is 13.8. The Morgan fingerprint density at radius 2 is 1.71 bits per heavy atom. The van der Waals surface area contributed by atoms with Crippen LogP contribution in [-0.2, 0) is 0 Å². The lowest BCUT2D eigenvalue weighted by atomic mass is 9.97. The predicted octanol–water partition coefficient (Wildman–Crippen LogP) is 4.58. The maximum atomic E-state index is 13.8. The van der Waals surface area contributed by atoms with Crippen molar-refractivity contribution in [3.63, 3.8) is 0 Å². The molecule has 0 aliphatic rings. The standard InChI is InChI=1S/C14H10BrClF3NO/c1-21-14-8(2-6(16)3-9(14)15)13(20)12-10(18)4-7(17)5-11(12)19/h2-5,13H,20H2,1H3. The van der Waals surface area contributed by atoms with Crippen LogP contribution in [0, 0.1) is 17.5 Å². The van der Waals surface area contributed by atoms with Gasteiger partial charge in [0.2, 0.25) is 0 Å². The Hall–Kier alpha value is -1.24. The first-order chi connectivity index (χ1) is 9.85. The van der Waals surface area contributed by atoms with Crippen molar-refractivity contribution >= 4 is 27.5 Å². The second-order valence-electron chi connectivity index (χ2n) is 4.27. The molecule has 21 heavy (non-hydrogen) atoms. The normalized spacial score (nSPS) is 12.3. The first kappa shape index (κ1) is 16.1. The van der Waals surface area contributed by atoms with Crippen molar-refractivity contribution in [2.45, 2.75) is 6.04 Å². The highest BCUT2D eigenvalue weighted by molar-refractivity contribution is 9.10. The maximum Gasteiger partial charge on any atom is 0.138 e. The van der Waals surface area contributed by atoms with E-state index in [1.165, 1.54) is 13.2 Å². The van der Waals surface area contributed by atoms with Crippen molar-refractivity contribution < 1.29 is 17.9 Å². The van der Waals surface area contributed by atoms with E-state index in [0.29, 0.717) is 27.4 Å². The SMILES string of the molecule is COc1c(Br)cc(Cl)cc1C(N)c1c(F)cc(F)cc1F. The fourth-order valence-electron chi connectivity index (χ4n) is 2.03. The van der Waals surface area contributed by atoms with E-state index in [1.54, 1.807) is 6.07 Å². The predicted molar refractivity (Wildman–Crippen MR) is 78.1 cm³/mol. The molecule has 0 aliphatic heterocycles. The van der Waals surface area contributed by atoms with Crippen LogP contribution in [0.2, 0.25) is 5.02 Å². The zero-order chi connectivity index (χ0) is 15.7. The van der Waals surface area contributed by atoms with Crippen molar-refractivity contribution in [1.29, 1.82) is 0 Å². The molecule has 0 heterocycles. The van der Waals surface area contributed by atoms with Crippen LogP contribution in [0.1, 0.15) is 17.2 Å². The van der Waals surface area contributed by atoms with E-state index in [1.807, 2.05) is 0 Å². The molecular weight excluding hydrogens is 371 g/mol. The Labute approximate surface area is 132 Å². The van der Waals surface area contributed by atoms with Gasteiger partial charge in [-0.3, -0.25) is 0 Å². The van der Waals surface area contributed by atoms with Crippen LogP contribution in [0.15, 0.2) is 28.7 Å². The van der Waals surface area contributed by atoms with Gasteiger partial charge in [0.1, 0.15) is 23.2 Å². The van der Waals surface area contributed by atoms with Gasteiger partial charge >= 0.3 is 0 Å². The highest BCUT2D eigenvalue weighted by Crippen LogP contribution is 2.38. The third kappa shape index (κ3) is 3.17. The molecular formula is C14H10BrClF3NO. The largest absolute Gasteiger partial charge is 0.495 e. The summed E-state index contributed by atoms with van der Waals surface area (Å²) in [5.74, 6) is -2.86. The van der Waals surface area contributed by atoms with Gasteiger partial charge in [-0.2, -0.15) is 0 Å². The van der Waals surface area contributed by atoms with E-state index in [-0.39, 0.29) is 5.56 Å². The average Bonchev–Trinajstić information content (AvgIpc) is 2.36. The van der Waals surface area contributed by atoms with Gasteiger partial charge in [-0.1, -0.05) is 11.6 Å². The Kier molecular flexibility index (Phi) is 4.81. The van der Waals surface area contributed by atoms with E-state index in [4.69, 9.17) is 22.1 Å². The zero-order valence-electron chi connectivity index (χ0n) is 10.8. The first-order valence-corrected chi connectivity index (χ1v) is 6.95. The molecule has 0 aliphatic carbocycles. The monoisotopic (exact) mass is 379 g/mol. The van der Waals surface area contributed by atoms with Crippen LogP contribution >= 0.6 is 27.5 Å². The summed E-state index contributed by atoms with van der Waals surface area (Å²) in [5, 5.41) is 0.316. The van der Waals surface area contributed by atoms with Gasteiger partial charge in [0, 0.05) is 28.3 Å². The molecule has 0 amide bonds. The summed E-state index contributed by atoms with van der Waals surface area (Å²) in [6.45, 7) is 0. The zero-order valence-corrected chi connectivity index (χ0v) is 13.1. The average molecular weight is 381 g/mol. The minimum Gasteiger partial charge on any atom is -0.495 e. The lowest BCUT2D eigenvalue weighted by Crippen LogP contribution is -2.17. The topological polar surface area (TPSA) is 35.2 Å². The second kappa shape index (κ2) is 6.25. The van der Waals surface area contributed by atoms with Crippen LogP contribution < -0.4 is 10.5 Å². The highest BCUT2D eigenvalue weighted by Gasteiger charge is 2.24. The quantitative estimate of drug-likeness (QED) is 0.846. The molecule has 2 N–H and O–H groups in total. The van der Waals surface area contributed by atoms with E-state index in [0.717, 1.165) is 0 Å². The fourth-order valence-corrected chi connectivity index (χ4v) is 3.03. The summed E-state index contributed by atoms with van der Waals surface area (Å²) >= 11 is 9.16. The molecule has 0 saturated carbocycles. The number of ether oxygens (including phenoxy) is 1. The Bertz CT molecular complexity index is 673. The summed E-state index contributed by atoms with van der Waals surface area (Å²) in [6.07, 6.45) is 0. The van der Waals surface area contributed by atoms with Crippen LogP contribution in [-0.4, -0.2) is 7.11 Å². The van der Waals surface area contributed by atoms with E-state index < -0.39 is 29.1 Å². The van der Waals surface area contributed by atoms with Crippen LogP contribution in [0.25, 0.3) is 0 Å². The first-order valence-electron chi connectivity index (χ1n) is 5.78. The molecule has 0 bridgehead atoms. The molecule has 2 rings (SSSR count). The Balaban J connectivity index is 2.63. The molecule has 0 radical (unpaired) electrons. The molecule has 1 unspecified atom stereocenters. The van der Waals surface area contributed by atoms with Crippen LogP contribution in [0.4, 0.5) is 13.2 Å². The van der Waals surface area contributed by atoms with Gasteiger partial charge in [-0.25, -0.2) is 13.2 Å². The number of hydrogen-bond acceptors (Lipinski definition) is 2. The van der Waals surface area contributed by atoms with Gasteiger partial charge in [-0.05, 0) is 28.1 Å². The molecule has 2 aromatic rings. The van der Waals surface area contributed by atoms with Crippen LogP contribution in [0.5, 0.6) is 5.75 Å². The van der Waals surface area contributed by atoms with Crippen molar-refractivity contribution in [1.82, 2.24) is 0 Å². The Morgan fingerprint density at radius 3 is 2.24 bits per heavy atom. The number of nitrogens with two attached hydrogens (primary N) is 1. The van der Waals surface area contributed by atoms with Gasteiger partial charge in [0.15, 0.2) is 0 Å². The number of benzene rings is 2. The van der Waals surface area contributed by atoms with Crippen molar-refractivity contribution in [2.75, 3.05) is 7.11 Å². The smallest absolute Gasteiger partial charge is 0.138 e. The van der Waals surface area contributed by atoms with Gasteiger partial charge < -0.3 is 10.5 Å². The van der Waals surface area contributed by atoms with Crippen LogP contribution in [0.3, 0.4) is 0 Å². The lowest BCUT2D eigenvalue weighted by Gasteiger charge is -2.19. The number of rotatable bonds is 3. The third-order valence-corrected chi connectivity index (χ3v) is 3.74. The molecule has 1 atom stereocenters. The van der Waals surface area contributed by atoms with Gasteiger partial charge in [0.25, 0.3) is 0 Å². The van der Waals surface area contributed by atoms with E-state index >= 15 is 0 Å². The molecule has 2 aromatic carbocycles. The van der Waals surface area contributed by atoms with Gasteiger partial charge in [-0.15, -0.1) is 0 Å². The van der Waals surface area contributed by atoms with Crippen molar-refractivity contribution in [3.8, 4) is 5.75 Å². The Morgan fingerprint density at radius 1 is 1.14 bits per heavy atom. The minimum absolute atomic E-state index is 0.279. The molecule has 0 aromatic heterocycles. The van der Waals surface area contributed by atoms with E-state index in [9.17, 15) is 13.2 Å². The number of halogens is 5. The fraction of sp³-hybridized carbons (Fsp3) is 0.143. The summed E-state index contributed by atoms with van der Waals surface area (Å²) < 4.78 is 46.3. The molecule has 0 spiro atoms.